The SMILES string of the molecule is CN1CCC(C)(C(=O)Nc2cc3cc(-c4cnn(C)c4)ccc3cn2)CC1. The molecule has 1 fully saturated rings. The molecule has 1 aliphatic heterocycles. The van der Waals surface area contributed by atoms with E-state index < -0.39 is 0 Å². The molecule has 0 radical (unpaired) electrons. The zero-order chi connectivity index (χ0) is 19.0. The molecule has 1 aliphatic rings. The molecule has 1 amide bonds. The van der Waals surface area contributed by atoms with Gasteiger partial charge in [0.15, 0.2) is 0 Å². The van der Waals surface area contributed by atoms with Gasteiger partial charge in [-0.15, -0.1) is 0 Å². The second kappa shape index (κ2) is 6.78. The van der Waals surface area contributed by atoms with Crippen molar-refractivity contribution in [3.8, 4) is 11.1 Å². The quantitative estimate of drug-likeness (QED) is 0.775. The van der Waals surface area contributed by atoms with Crippen LogP contribution < -0.4 is 5.32 Å². The monoisotopic (exact) mass is 363 g/mol. The largest absolute Gasteiger partial charge is 0.310 e. The van der Waals surface area contributed by atoms with Crippen LogP contribution in [-0.4, -0.2) is 45.7 Å². The van der Waals surface area contributed by atoms with Crippen LogP contribution in [0.5, 0.6) is 0 Å². The van der Waals surface area contributed by atoms with Gasteiger partial charge in [-0.05, 0) is 56.1 Å². The standard InChI is InChI=1S/C21H25N5O/c1-21(6-8-25(2)9-7-21)20(27)24-19-11-17-10-15(4-5-16(17)12-22-19)18-13-23-26(3)14-18/h4-5,10-14H,6-9H2,1-3H3,(H,22,24,27). The smallest absolute Gasteiger partial charge is 0.231 e. The second-order valence-electron chi connectivity index (χ2n) is 7.85. The van der Waals surface area contributed by atoms with Crippen LogP contribution in [0.1, 0.15) is 19.8 Å². The number of nitrogens with one attached hydrogen (secondary N) is 1. The summed E-state index contributed by atoms with van der Waals surface area (Å²) in [5.74, 6) is 0.668. The van der Waals surface area contributed by atoms with Crippen LogP contribution in [0.15, 0.2) is 42.9 Å². The molecule has 140 valence electrons. The zero-order valence-corrected chi connectivity index (χ0v) is 16.1. The van der Waals surface area contributed by atoms with Crippen LogP contribution in [0, 0.1) is 5.41 Å². The van der Waals surface area contributed by atoms with Crippen molar-refractivity contribution in [2.24, 2.45) is 12.5 Å². The predicted molar refractivity (Wildman–Crippen MR) is 107 cm³/mol. The van der Waals surface area contributed by atoms with Crippen LogP contribution in [0.3, 0.4) is 0 Å². The first-order valence-electron chi connectivity index (χ1n) is 9.32. The third-order valence-electron chi connectivity index (χ3n) is 5.64. The molecular formula is C21H25N5O. The van der Waals surface area contributed by atoms with Gasteiger partial charge in [0.05, 0.1) is 6.20 Å². The molecule has 1 saturated heterocycles. The third-order valence-corrected chi connectivity index (χ3v) is 5.64. The number of fused-ring (bicyclic) bond motifs is 1. The Bertz CT molecular complexity index is 985. The highest BCUT2D eigenvalue weighted by Crippen LogP contribution is 2.32. The van der Waals surface area contributed by atoms with Crippen molar-refractivity contribution < 1.29 is 4.79 Å². The number of amides is 1. The van der Waals surface area contributed by atoms with Gasteiger partial charge in [-0.1, -0.05) is 19.1 Å². The van der Waals surface area contributed by atoms with Crippen molar-refractivity contribution in [1.82, 2.24) is 19.7 Å². The Kier molecular flexibility index (Phi) is 4.44. The van der Waals surface area contributed by atoms with E-state index in [1.807, 2.05) is 31.7 Å². The lowest BCUT2D eigenvalue weighted by atomic mass is 9.79. The molecule has 0 bridgehead atoms. The minimum Gasteiger partial charge on any atom is -0.310 e. The fourth-order valence-corrected chi connectivity index (χ4v) is 3.57. The first-order valence-corrected chi connectivity index (χ1v) is 9.32. The molecule has 0 saturated carbocycles. The number of rotatable bonds is 3. The minimum absolute atomic E-state index is 0.0610. The van der Waals surface area contributed by atoms with E-state index in [1.54, 1.807) is 4.68 Å². The van der Waals surface area contributed by atoms with Crippen LogP contribution in [0.4, 0.5) is 5.82 Å². The van der Waals surface area contributed by atoms with Crippen LogP contribution in [0.2, 0.25) is 0 Å². The summed E-state index contributed by atoms with van der Waals surface area (Å²) in [6.07, 6.45) is 7.40. The number of benzene rings is 1. The number of carbonyl (C=O) groups excluding carboxylic acids is 1. The molecule has 0 unspecified atom stereocenters. The maximum absolute atomic E-state index is 12.8. The molecular weight excluding hydrogens is 338 g/mol. The number of hydrogen-bond donors (Lipinski definition) is 1. The molecule has 3 aromatic rings. The number of carbonyl (C=O) groups is 1. The highest BCUT2D eigenvalue weighted by molar-refractivity contribution is 5.96. The first-order chi connectivity index (χ1) is 12.9. The number of nitrogens with zero attached hydrogens (tertiary/aromatic N) is 4. The van der Waals surface area contributed by atoms with E-state index in [-0.39, 0.29) is 11.3 Å². The lowest BCUT2D eigenvalue weighted by Gasteiger charge is -2.36. The predicted octanol–water partition coefficient (Wildman–Crippen LogP) is 3.31. The molecule has 27 heavy (non-hydrogen) atoms. The molecule has 1 N–H and O–H groups in total. The third kappa shape index (κ3) is 3.57. The van der Waals surface area contributed by atoms with Gasteiger partial charge in [0.25, 0.3) is 0 Å². The normalized spacial score (nSPS) is 17.1. The van der Waals surface area contributed by atoms with Crippen LogP contribution in [0.25, 0.3) is 21.9 Å². The van der Waals surface area contributed by atoms with Crippen molar-refractivity contribution in [2.75, 3.05) is 25.5 Å². The van der Waals surface area contributed by atoms with Gasteiger partial charge in [0.2, 0.25) is 5.91 Å². The fourth-order valence-electron chi connectivity index (χ4n) is 3.57. The summed E-state index contributed by atoms with van der Waals surface area (Å²) in [6, 6.07) is 8.18. The van der Waals surface area contributed by atoms with Crippen LogP contribution in [-0.2, 0) is 11.8 Å². The minimum atomic E-state index is -0.333. The van der Waals surface area contributed by atoms with E-state index >= 15 is 0 Å². The van der Waals surface area contributed by atoms with Crippen molar-refractivity contribution in [2.45, 2.75) is 19.8 Å². The van der Waals surface area contributed by atoms with Gasteiger partial charge in [-0.3, -0.25) is 9.48 Å². The van der Waals surface area contributed by atoms with Crippen molar-refractivity contribution in [3.05, 3.63) is 42.9 Å². The average Bonchev–Trinajstić information content (AvgIpc) is 3.10. The maximum Gasteiger partial charge on any atom is 0.231 e. The lowest BCUT2D eigenvalue weighted by molar-refractivity contribution is -0.127. The van der Waals surface area contributed by atoms with Gasteiger partial charge in [-0.25, -0.2) is 4.98 Å². The Morgan fingerprint density at radius 3 is 2.56 bits per heavy atom. The number of likely N-dealkylation sites (tertiary alicyclic amines) is 1. The lowest BCUT2D eigenvalue weighted by Crippen LogP contribution is -2.43. The maximum atomic E-state index is 12.8. The fraction of sp³-hybridized carbons (Fsp3) is 0.381. The van der Waals surface area contributed by atoms with Crippen molar-refractivity contribution in [3.63, 3.8) is 0 Å². The summed E-state index contributed by atoms with van der Waals surface area (Å²) < 4.78 is 1.79. The Labute approximate surface area is 159 Å². The zero-order valence-electron chi connectivity index (χ0n) is 16.1. The summed E-state index contributed by atoms with van der Waals surface area (Å²) in [4.78, 5) is 19.5. The van der Waals surface area contributed by atoms with Gasteiger partial charge >= 0.3 is 0 Å². The molecule has 6 nitrogen and oxygen atoms in total. The van der Waals surface area contributed by atoms with E-state index in [0.29, 0.717) is 5.82 Å². The van der Waals surface area contributed by atoms with Crippen LogP contribution >= 0.6 is 0 Å². The van der Waals surface area contributed by atoms with E-state index in [9.17, 15) is 4.79 Å². The number of piperidine rings is 1. The van der Waals surface area contributed by atoms with Gasteiger partial charge in [0, 0.05) is 35.8 Å². The topological polar surface area (TPSA) is 63.1 Å². The molecule has 2 aromatic heterocycles. The molecule has 0 spiro atoms. The number of hydrogen-bond acceptors (Lipinski definition) is 4. The van der Waals surface area contributed by atoms with E-state index in [0.717, 1.165) is 47.8 Å². The molecule has 6 heteroatoms. The van der Waals surface area contributed by atoms with E-state index in [2.05, 4.69) is 52.5 Å². The highest BCUT2D eigenvalue weighted by Gasteiger charge is 2.36. The summed E-state index contributed by atoms with van der Waals surface area (Å²) in [6.45, 7) is 3.95. The Morgan fingerprint density at radius 1 is 1.07 bits per heavy atom. The Balaban J connectivity index is 1.58. The summed E-state index contributed by atoms with van der Waals surface area (Å²) in [7, 11) is 4.01. The molecule has 0 aliphatic carbocycles. The summed E-state index contributed by atoms with van der Waals surface area (Å²) in [5, 5.41) is 9.37. The average molecular weight is 363 g/mol. The van der Waals surface area contributed by atoms with Gasteiger partial charge in [-0.2, -0.15) is 5.10 Å². The Morgan fingerprint density at radius 2 is 1.85 bits per heavy atom. The summed E-state index contributed by atoms with van der Waals surface area (Å²) >= 11 is 0. The summed E-state index contributed by atoms with van der Waals surface area (Å²) in [5.41, 5.74) is 1.84. The second-order valence-corrected chi connectivity index (χ2v) is 7.85. The first kappa shape index (κ1) is 17.7. The Hall–Kier alpha value is -2.73. The number of aryl methyl sites for hydroxylation is 1. The van der Waals surface area contributed by atoms with Crippen molar-refractivity contribution in [1.29, 1.82) is 0 Å². The number of aromatic nitrogens is 3. The number of anilines is 1. The van der Waals surface area contributed by atoms with Crippen molar-refractivity contribution >= 4 is 22.5 Å². The van der Waals surface area contributed by atoms with E-state index in [1.165, 1.54) is 0 Å². The molecule has 0 atom stereocenters. The van der Waals surface area contributed by atoms with Gasteiger partial charge in [0.1, 0.15) is 5.82 Å². The molecule has 1 aromatic carbocycles. The highest BCUT2D eigenvalue weighted by atomic mass is 16.2. The molecule has 4 rings (SSSR count). The number of pyridine rings is 1. The van der Waals surface area contributed by atoms with Gasteiger partial charge < -0.3 is 10.2 Å². The molecule has 3 heterocycles. The van der Waals surface area contributed by atoms with E-state index in [4.69, 9.17) is 0 Å².